The van der Waals surface area contributed by atoms with Gasteiger partial charge in [-0.2, -0.15) is 0 Å². The van der Waals surface area contributed by atoms with E-state index in [4.69, 9.17) is 0 Å². The quantitative estimate of drug-likeness (QED) is 0.458. The molecule has 0 aromatic carbocycles. The summed E-state index contributed by atoms with van der Waals surface area (Å²) in [5, 5.41) is 3.13. The third kappa shape index (κ3) is 5.60. The van der Waals surface area contributed by atoms with Gasteiger partial charge in [-0.1, -0.05) is 20.3 Å². The predicted octanol–water partition coefficient (Wildman–Crippen LogP) is 1.67. The lowest BCUT2D eigenvalue weighted by Gasteiger charge is -2.07. The highest BCUT2D eigenvalue weighted by Crippen LogP contribution is 2.01. The molecule has 0 aromatic heterocycles. The van der Waals surface area contributed by atoms with Crippen LogP contribution in [0.25, 0.3) is 0 Å². The topological polar surface area (TPSA) is 24.4 Å². The molecule has 0 saturated heterocycles. The van der Waals surface area contributed by atoms with Crippen LogP contribution in [-0.2, 0) is 0 Å². The van der Waals surface area contributed by atoms with Crippen molar-refractivity contribution in [2.24, 2.45) is 10.9 Å². The van der Waals surface area contributed by atoms with Crippen LogP contribution in [0.15, 0.2) is 4.99 Å². The maximum atomic E-state index is 3.83. The van der Waals surface area contributed by atoms with Crippen molar-refractivity contribution in [3.8, 4) is 0 Å². The smallest absolute Gasteiger partial charge is 0.0820 e. The Kier molecular flexibility index (Phi) is 6.24. The average Bonchev–Trinajstić information content (AvgIpc) is 1.89. The largest absolute Gasteiger partial charge is 0.376 e. The Balaban J connectivity index is 3.12. The number of nitrogens with one attached hydrogen (secondary N) is 1. The van der Waals surface area contributed by atoms with Crippen molar-refractivity contribution in [2.75, 3.05) is 13.6 Å². The first kappa shape index (κ1) is 9.47. The van der Waals surface area contributed by atoms with E-state index >= 15 is 0 Å². The Morgan fingerprint density at radius 2 is 2.30 bits per heavy atom. The summed E-state index contributed by atoms with van der Waals surface area (Å²) in [4.78, 5) is 3.83. The lowest BCUT2D eigenvalue weighted by molar-refractivity contribution is 0.517. The SMILES string of the molecule is CCCC(C)CNC=NC. The molecule has 0 aromatic rings. The highest BCUT2D eigenvalue weighted by molar-refractivity contribution is 5.53. The number of rotatable bonds is 5. The van der Waals surface area contributed by atoms with E-state index in [2.05, 4.69) is 24.2 Å². The van der Waals surface area contributed by atoms with Gasteiger partial charge in [0, 0.05) is 13.6 Å². The number of hydrogen-bond donors (Lipinski definition) is 1. The first-order valence-corrected chi connectivity index (χ1v) is 3.95. The highest BCUT2D eigenvalue weighted by Gasteiger charge is 1.96. The van der Waals surface area contributed by atoms with Crippen LogP contribution in [-0.4, -0.2) is 19.9 Å². The van der Waals surface area contributed by atoms with Crippen molar-refractivity contribution in [3.05, 3.63) is 0 Å². The molecule has 1 N–H and O–H groups in total. The van der Waals surface area contributed by atoms with Gasteiger partial charge in [0.25, 0.3) is 0 Å². The molecule has 0 heterocycles. The molecule has 0 aliphatic rings. The molecule has 0 rings (SSSR count). The summed E-state index contributed by atoms with van der Waals surface area (Å²) < 4.78 is 0. The van der Waals surface area contributed by atoms with Gasteiger partial charge in [-0.05, 0) is 12.3 Å². The van der Waals surface area contributed by atoms with E-state index in [1.165, 1.54) is 12.8 Å². The molecule has 2 nitrogen and oxygen atoms in total. The molecule has 0 radical (unpaired) electrons. The van der Waals surface area contributed by atoms with Gasteiger partial charge in [-0.3, -0.25) is 4.99 Å². The fourth-order valence-electron chi connectivity index (χ4n) is 0.940. The molecule has 0 fully saturated rings. The minimum atomic E-state index is 0.767. The van der Waals surface area contributed by atoms with E-state index in [0.29, 0.717) is 0 Å². The summed E-state index contributed by atoms with van der Waals surface area (Å²) in [5.74, 6) is 0.767. The fraction of sp³-hybridized carbons (Fsp3) is 0.875. The van der Waals surface area contributed by atoms with Crippen molar-refractivity contribution in [3.63, 3.8) is 0 Å². The molecule has 0 aliphatic carbocycles. The zero-order valence-electron chi connectivity index (χ0n) is 7.22. The van der Waals surface area contributed by atoms with Gasteiger partial charge < -0.3 is 5.32 Å². The van der Waals surface area contributed by atoms with E-state index in [9.17, 15) is 0 Å². The predicted molar refractivity (Wildman–Crippen MR) is 46.5 cm³/mol. The molecule has 0 amide bonds. The van der Waals surface area contributed by atoms with E-state index < -0.39 is 0 Å². The summed E-state index contributed by atoms with van der Waals surface area (Å²) in [7, 11) is 1.78. The van der Waals surface area contributed by atoms with Gasteiger partial charge >= 0.3 is 0 Å². The zero-order valence-corrected chi connectivity index (χ0v) is 7.22. The molecular formula is C8H18N2. The van der Waals surface area contributed by atoms with Crippen LogP contribution in [0, 0.1) is 5.92 Å². The van der Waals surface area contributed by atoms with Crippen molar-refractivity contribution < 1.29 is 0 Å². The van der Waals surface area contributed by atoms with Crippen LogP contribution in [0.4, 0.5) is 0 Å². The fourth-order valence-corrected chi connectivity index (χ4v) is 0.940. The Hall–Kier alpha value is -0.530. The summed E-state index contributed by atoms with van der Waals surface area (Å²) in [5.41, 5.74) is 0. The van der Waals surface area contributed by atoms with Crippen molar-refractivity contribution in [2.45, 2.75) is 26.7 Å². The maximum Gasteiger partial charge on any atom is 0.0820 e. The monoisotopic (exact) mass is 142 g/mol. The third-order valence-corrected chi connectivity index (χ3v) is 1.47. The average molecular weight is 142 g/mol. The molecule has 10 heavy (non-hydrogen) atoms. The van der Waals surface area contributed by atoms with E-state index in [-0.39, 0.29) is 0 Å². The Morgan fingerprint density at radius 1 is 1.60 bits per heavy atom. The van der Waals surface area contributed by atoms with Crippen LogP contribution >= 0.6 is 0 Å². The van der Waals surface area contributed by atoms with Crippen LogP contribution in [0.1, 0.15) is 26.7 Å². The minimum absolute atomic E-state index is 0.767. The molecule has 1 atom stereocenters. The third-order valence-electron chi connectivity index (χ3n) is 1.47. The second-order valence-electron chi connectivity index (χ2n) is 2.69. The Morgan fingerprint density at radius 3 is 2.80 bits per heavy atom. The minimum Gasteiger partial charge on any atom is -0.376 e. The highest BCUT2D eigenvalue weighted by atomic mass is 14.9. The standard InChI is InChI=1S/C8H18N2/c1-4-5-8(2)6-10-7-9-3/h7-8H,4-6H2,1-3H3,(H,9,10). The normalized spacial score (nSPS) is 13.9. The van der Waals surface area contributed by atoms with Gasteiger partial charge in [-0.25, -0.2) is 0 Å². The van der Waals surface area contributed by atoms with Gasteiger partial charge in [0.2, 0.25) is 0 Å². The van der Waals surface area contributed by atoms with Crippen LogP contribution < -0.4 is 5.32 Å². The Labute approximate surface area is 63.7 Å². The van der Waals surface area contributed by atoms with Crippen molar-refractivity contribution in [1.29, 1.82) is 0 Å². The number of hydrogen-bond acceptors (Lipinski definition) is 1. The Bertz CT molecular complexity index is 89.3. The zero-order chi connectivity index (χ0) is 7.82. The molecule has 2 heteroatoms. The van der Waals surface area contributed by atoms with E-state index in [1.54, 1.807) is 13.4 Å². The van der Waals surface area contributed by atoms with Gasteiger partial charge in [0.15, 0.2) is 0 Å². The van der Waals surface area contributed by atoms with Gasteiger partial charge in [-0.15, -0.1) is 0 Å². The van der Waals surface area contributed by atoms with Crippen LogP contribution in [0.5, 0.6) is 0 Å². The first-order chi connectivity index (χ1) is 4.81. The number of nitrogens with zero attached hydrogens (tertiary/aromatic N) is 1. The van der Waals surface area contributed by atoms with E-state index in [1.807, 2.05) is 0 Å². The van der Waals surface area contributed by atoms with Crippen molar-refractivity contribution in [1.82, 2.24) is 5.32 Å². The lowest BCUT2D eigenvalue weighted by Crippen LogP contribution is -2.19. The van der Waals surface area contributed by atoms with Crippen LogP contribution in [0.2, 0.25) is 0 Å². The molecule has 0 aliphatic heterocycles. The van der Waals surface area contributed by atoms with Gasteiger partial charge in [0.1, 0.15) is 0 Å². The number of aliphatic imine (C=N–C) groups is 1. The summed E-state index contributed by atoms with van der Waals surface area (Å²) >= 11 is 0. The second kappa shape index (κ2) is 6.59. The van der Waals surface area contributed by atoms with Crippen molar-refractivity contribution >= 4 is 6.34 Å². The molecule has 0 saturated carbocycles. The molecule has 0 spiro atoms. The van der Waals surface area contributed by atoms with Crippen LogP contribution in [0.3, 0.4) is 0 Å². The second-order valence-corrected chi connectivity index (χ2v) is 2.69. The summed E-state index contributed by atoms with van der Waals surface area (Å²) in [6.07, 6.45) is 4.32. The van der Waals surface area contributed by atoms with Gasteiger partial charge in [0.05, 0.1) is 6.34 Å². The molecular weight excluding hydrogens is 124 g/mol. The first-order valence-electron chi connectivity index (χ1n) is 3.95. The molecule has 1 unspecified atom stereocenters. The summed E-state index contributed by atoms with van der Waals surface area (Å²) in [6, 6.07) is 0. The molecule has 0 bridgehead atoms. The molecule has 60 valence electrons. The van der Waals surface area contributed by atoms with E-state index in [0.717, 1.165) is 12.5 Å². The maximum absolute atomic E-state index is 3.83. The lowest BCUT2D eigenvalue weighted by atomic mass is 10.1. The summed E-state index contributed by atoms with van der Waals surface area (Å²) in [6.45, 7) is 5.51.